The molecule has 2 aromatic rings. The van der Waals surface area contributed by atoms with Crippen LogP contribution in [0.2, 0.25) is 0 Å². The van der Waals surface area contributed by atoms with E-state index in [-0.39, 0.29) is 11.2 Å². The highest BCUT2D eigenvalue weighted by molar-refractivity contribution is 6.02. The average molecular weight is 399 g/mol. The molecule has 0 atom stereocenters. The van der Waals surface area contributed by atoms with E-state index < -0.39 is 6.03 Å². The Morgan fingerprint density at radius 3 is 2.03 bits per heavy atom. The summed E-state index contributed by atoms with van der Waals surface area (Å²) >= 11 is 0. The van der Waals surface area contributed by atoms with Gasteiger partial charge in [-0.3, -0.25) is 4.79 Å². The van der Waals surface area contributed by atoms with Gasteiger partial charge in [0, 0.05) is 29.4 Å². The van der Waals surface area contributed by atoms with E-state index in [1.807, 2.05) is 19.1 Å². The van der Waals surface area contributed by atoms with Crippen molar-refractivity contribution in [3.05, 3.63) is 47.5 Å². The Labute approximate surface area is 172 Å². The largest absolute Gasteiger partial charge is 0.493 e. The van der Waals surface area contributed by atoms with Crippen LogP contribution in [0, 0.1) is 5.41 Å². The van der Waals surface area contributed by atoms with Crippen LogP contribution in [-0.4, -0.2) is 26.0 Å². The zero-order chi connectivity index (χ0) is 21.6. The number of ketones is 1. The third-order valence-corrected chi connectivity index (χ3v) is 4.35. The molecule has 0 aliphatic rings. The van der Waals surface area contributed by atoms with Crippen LogP contribution < -0.4 is 20.1 Å². The molecule has 156 valence electrons. The molecule has 0 unspecified atom stereocenters. The molecule has 29 heavy (non-hydrogen) atoms. The lowest BCUT2D eigenvalue weighted by Crippen LogP contribution is -2.20. The van der Waals surface area contributed by atoms with E-state index in [9.17, 15) is 9.59 Å². The fourth-order valence-electron chi connectivity index (χ4n) is 3.04. The highest BCUT2D eigenvalue weighted by Gasteiger charge is 2.18. The number of carbonyl (C=O) groups excluding carboxylic acids is 2. The molecule has 0 saturated carbocycles. The number of carbonyl (C=O) groups is 2. The number of hydrogen-bond donors (Lipinski definition) is 2. The number of anilines is 2. The molecule has 0 radical (unpaired) electrons. The number of urea groups is 1. The molecule has 2 amide bonds. The summed E-state index contributed by atoms with van der Waals surface area (Å²) < 4.78 is 10.4. The van der Waals surface area contributed by atoms with Gasteiger partial charge in [0.25, 0.3) is 0 Å². The summed E-state index contributed by atoms with van der Waals surface area (Å²) in [5, 5.41) is 5.55. The number of nitrogens with one attached hydrogen (secondary N) is 2. The number of amides is 2. The summed E-state index contributed by atoms with van der Waals surface area (Å²) in [7, 11) is 3.09. The number of methoxy groups -OCH3 is 2. The minimum absolute atomic E-state index is 0.0580. The molecule has 2 N–H and O–H groups in total. The van der Waals surface area contributed by atoms with Gasteiger partial charge in [0.2, 0.25) is 0 Å². The quantitative estimate of drug-likeness (QED) is 0.601. The zero-order valence-corrected chi connectivity index (χ0v) is 18.0. The van der Waals surface area contributed by atoms with Gasteiger partial charge in [-0.2, -0.15) is 0 Å². The SMILES string of the molecule is CCC(=O)c1cc(NC(=O)Nc2ccc(OC)c(OC)c2)ccc1CC(C)(C)C. The monoisotopic (exact) mass is 398 g/mol. The Balaban J connectivity index is 2.18. The normalized spacial score (nSPS) is 11.0. The van der Waals surface area contributed by atoms with Gasteiger partial charge < -0.3 is 20.1 Å². The fourth-order valence-corrected chi connectivity index (χ4v) is 3.04. The predicted octanol–water partition coefficient (Wildman–Crippen LogP) is 5.53. The van der Waals surface area contributed by atoms with Gasteiger partial charge in [0.05, 0.1) is 14.2 Å². The molecule has 0 heterocycles. The Morgan fingerprint density at radius 1 is 0.897 bits per heavy atom. The lowest BCUT2D eigenvalue weighted by Gasteiger charge is -2.20. The summed E-state index contributed by atoms with van der Waals surface area (Å²) in [6, 6.07) is 10.2. The maximum Gasteiger partial charge on any atom is 0.323 e. The molecule has 0 bridgehead atoms. The first-order valence-corrected chi connectivity index (χ1v) is 9.63. The second-order valence-electron chi connectivity index (χ2n) is 8.03. The van der Waals surface area contributed by atoms with Gasteiger partial charge in [-0.1, -0.05) is 33.8 Å². The number of rotatable bonds is 7. The molecule has 0 spiro atoms. The van der Waals surface area contributed by atoms with Crippen LogP contribution in [0.25, 0.3) is 0 Å². The molecule has 0 saturated heterocycles. The van der Waals surface area contributed by atoms with Crippen molar-refractivity contribution in [2.24, 2.45) is 5.41 Å². The van der Waals surface area contributed by atoms with E-state index in [4.69, 9.17) is 9.47 Å². The van der Waals surface area contributed by atoms with Crippen LogP contribution >= 0.6 is 0 Å². The molecule has 0 aromatic heterocycles. The number of ether oxygens (including phenoxy) is 2. The summed E-state index contributed by atoms with van der Waals surface area (Å²) in [5.41, 5.74) is 2.84. The molecule has 0 aliphatic heterocycles. The average Bonchev–Trinajstić information content (AvgIpc) is 2.67. The topological polar surface area (TPSA) is 76.7 Å². The minimum atomic E-state index is -0.407. The Hall–Kier alpha value is -3.02. The van der Waals surface area contributed by atoms with Crippen molar-refractivity contribution in [2.45, 2.75) is 40.5 Å². The van der Waals surface area contributed by atoms with E-state index in [0.717, 1.165) is 12.0 Å². The van der Waals surface area contributed by atoms with Crippen LogP contribution in [0.1, 0.15) is 50.0 Å². The van der Waals surface area contributed by atoms with Crippen molar-refractivity contribution in [1.82, 2.24) is 0 Å². The van der Waals surface area contributed by atoms with Crippen LogP contribution in [0.5, 0.6) is 11.5 Å². The number of Topliss-reactive ketones (excluding diaryl/α,β-unsaturated/α-hetero) is 1. The van der Waals surface area contributed by atoms with Gasteiger partial charge in [0.1, 0.15) is 0 Å². The summed E-state index contributed by atoms with van der Waals surface area (Å²) in [6.45, 7) is 8.24. The summed E-state index contributed by atoms with van der Waals surface area (Å²) in [5.74, 6) is 1.16. The maximum absolute atomic E-state index is 12.4. The van der Waals surface area contributed by atoms with Crippen LogP contribution in [0.15, 0.2) is 36.4 Å². The van der Waals surface area contributed by atoms with Crippen molar-refractivity contribution in [1.29, 1.82) is 0 Å². The Kier molecular flexibility index (Phi) is 7.26. The highest BCUT2D eigenvalue weighted by Crippen LogP contribution is 2.30. The molecule has 6 heteroatoms. The van der Waals surface area contributed by atoms with E-state index >= 15 is 0 Å². The van der Waals surface area contributed by atoms with Crippen molar-refractivity contribution >= 4 is 23.2 Å². The Morgan fingerprint density at radius 2 is 1.48 bits per heavy atom. The predicted molar refractivity (Wildman–Crippen MR) is 116 cm³/mol. The first-order valence-electron chi connectivity index (χ1n) is 9.63. The molecule has 2 rings (SSSR count). The van der Waals surface area contributed by atoms with Gasteiger partial charge in [0.15, 0.2) is 17.3 Å². The second kappa shape index (κ2) is 9.45. The smallest absolute Gasteiger partial charge is 0.323 e. The molecular formula is C23H30N2O4. The maximum atomic E-state index is 12.4. The fraction of sp³-hybridized carbons (Fsp3) is 0.391. The van der Waals surface area contributed by atoms with Crippen LogP contribution in [0.3, 0.4) is 0 Å². The van der Waals surface area contributed by atoms with E-state index in [2.05, 4.69) is 31.4 Å². The molecule has 2 aromatic carbocycles. The van der Waals surface area contributed by atoms with Crippen LogP contribution in [-0.2, 0) is 6.42 Å². The summed E-state index contributed by atoms with van der Waals surface area (Å²) in [4.78, 5) is 24.8. The first kappa shape index (κ1) is 22.3. The van der Waals surface area contributed by atoms with E-state index in [0.29, 0.717) is 34.9 Å². The van der Waals surface area contributed by atoms with Crippen molar-refractivity contribution in [3.8, 4) is 11.5 Å². The second-order valence-corrected chi connectivity index (χ2v) is 8.03. The van der Waals surface area contributed by atoms with E-state index in [1.54, 1.807) is 31.4 Å². The first-order chi connectivity index (χ1) is 13.7. The highest BCUT2D eigenvalue weighted by atomic mass is 16.5. The lowest BCUT2D eigenvalue weighted by atomic mass is 9.85. The van der Waals surface area contributed by atoms with Gasteiger partial charge in [-0.15, -0.1) is 0 Å². The Bertz CT molecular complexity index is 885. The molecule has 0 aliphatic carbocycles. The minimum Gasteiger partial charge on any atom is -0.493 e. The standard InChI is InChI=1S/C23H30N2O4/c1-7-19(26)18-12-16(9-8-15(18)14-23(2,3)4)24-22(27)25-17-10-11-20(28-5)21(13-17)29-6/h8-13H,7,14H2,1-6H3,(H2,24,25,27). The third-order valence-electron chi connectivity index (χ3n) is 4.35. The van der Waals surface area contributed by atoms with Crippen molar-refractivity contribution in [2.75, 3.05) is 24.9 Å². The van der Waals surface area contributed by atoms with Gasteiger partial charge in [-0.05, 0) is 41.7 Å². The van der Waals surface area contributed by atoms with Crippen molar-refractivity contribution in [3.63, 3.8) is 0 Å². The van der Waals surface area contributed by atoms with Gasteiger partial charge >= 0.3 is 6.03 Å². The van der Waals surface area contributed by atoms with Gasteiger partial charge in [-0.25, -0.2) is 4.79 Å². The number of benzene rings is 2. The molecule has 0 fully saturated rings. The summed E-state index contributed by atoms with van der Waals surface area (Å²) in [6.07, 6.45) is 1.20. The number of hydrogen-bond acceptors (Lipinski definition) is 4. The zero-order valence-electron chi connectivity index (χ0n) is 18.0. The lowest BCUT2D eigenvalue weighted by molar-refractivity contribution is 0.0987. The van der Waals surface area contributed by atoms with Crippen LogP contribution in [0.4, 0.5) is 16.2 Å². The van der Waals surface area contributed by atoms with E-state index in [1.165, 1.54) is 7.11 Å². The molecule has 6 nitrogen and oxygen atoms in total. The van der Waals surface area contributed by atoms with Crippen molar-refractivity contribution < 1.29 is 19.1 Å². The third kappa shape index (κ3) is 6.24. The molecular weight excluding hydrogens is 368 g/mol.